The molecule has 0 aromatic heterocycles. The number of benzene rings is 1. The molecule has 0 spiro atoms. The summed E-state index contributed by atoms with van der Waals surface area (Å²) in [6.45, 7) is 4.69. The molecule has 2 saturated carbocycles. The van der Waals surface area contributed by atoms with E-state index in [-0.39, 0.29) is 23.9 Å². The van der Waals surface area contributed by atoms with Crippen LogP contribution >= 0.6 is 0 Å². The van der Waals surface area contributed by atoms with Gasteiger partial charge in [0.15, 0.2) is 17.3 Å². The highest BCUT2D eigenvalue weighted by atomic mass is 16.7. The van der Waals surface area contributed by atoms with E-state index in [1.165, 1.54) is 22.3 Å². The molecule has 6 rings (SSSR count). The fourth-order valence-electron chi connectivity index (χ4n) is 7.63. The first-order chi connectivity index (χ1) is 16.4. The molecular weight excluding hydrogens is 424 g/mol. The zero-order valence-corrected chi connectivity index (χ0v) is 20.3. The minimum atomic E-state index is -0.948. The van der Waals surface area contributed by atoms with Crippen LogP contribution in [0.15, 0.2) is 41.0 Å². The van der Waals surface area contributed by atoms with Gasteiger partial charge in [-0.15, -0.1) is 5.92 Å². The van der Waals surface area contributed by atoms with E-state index in [9.17, 15) is 9.90 Å². The zero-order valence-electron chi connectivity index (χ0n) is 20.3. The lowest BCUT2D eigenvalue weighted by Crippen LogP contribution is -2.51. The molecule has 178 valence electrons. The van der Waals surface area contributed by atoms with E-state index in [2.05, 4.69) is 37.8 Å². The lowest BCUT2D eigenvalue weighted by molar-refractivity contribution is -0.114. The van der Waals surface area contributed by atoms with E-state index in [1.54, 1.807) is 0 Å². The minimum Gasteiger partial charge on any atom is -0.454 e. The summed E-state index contributed by atoms with van der Waals surface area (Å²) in [5.74, 6) is 9.55. The number of fused-ring (bicyclic) bond motifs is 5. The van der Waals surface area contributed by atoms with Gasteiger partial charge in [-0.05, 0) is 91.7 Å². The molecule has 4 aliphatic carbocycles. The molecule has 1 heterocycles. The average Bonchev–Trinajstić information content (AvgIpc) is 3.40. The van der Waals surface area contributed by atoms with Crippen LogP contribution in [0, 0.1) is 29.1 Å². The first kappa shape index (κ1) is 22.0. The Kier molecular flexibility index (Phi) is 5.19. The number of carbonyl (C=O) groups excluding carboxylic acids is 1. The highest BCUT2D eigenvalue weighted by Crippen LogP contribution is 2.66. The van der Waals surface area contributed by atoms with Gasteiger partial charge in [0.1, 0.15) is 5.60 Å². The third kappa shape index (κ3) is 3.20. The molecule has 34 heavy (non-hydrogen) atoms. The molecule has 0 saturated heterocycles. The summed E-state index contributed by atoms with van der Waals surface area (Å²) in [5, 5.41) is 12.0. The van der Waals surface area contributed by atoms with E-state index < -0.39 is 5.60 Å². The Morgan fingerprint density at radius 3 is 2.85 bits per heavy atom. The fourth-order valence-corrected chi connectivity index (χ4v) is 7.63. The predicted molar refractivity (Wildman–Crippen MR) is 130 cm³/mol. The first-order valence-corrected chi connectivity index (χ1v) is 13.0. The van der Waals surface area contributed by atoms with Crippen LogP contribution in [0.25, 0.3) is 0 Å². The molecule has 4 heteroatoms. The molecule has 1 N–H and O–H groups in total. The molecule has 1 aliphatic heterocycles. The van der Waals surface area contributed by atoms with E-state index in [4.69, 9.17) is 9.47 Å². The van der Waals surface area contributed by atoms with Crippen LogP contribution in [-0.2, 0) is 4.79 Å². The van der Waals surface area contributed by atoms with Gasteiger partial charge in [0.25, 0.3) is 0 Å². The number of rotatable bonds is 2. The number of aliphatic hydroxyl groups is 1. The van der Waals surface area contributed by atoms with Gasteiger partial charge in [-0.2, -0.15) is 0 Å². The van der Waals surface area contributed by atoms with Crippen molar-refractivity contribution in [2.24, 2.45) is 17.3 Å². The van der Waals surface area contributed by atoms with Gasteiger partial charge in [0, 0.05) is 24.2 Å². The first-order valence-electron chi connectivity index (χ1n) is 13.0. The molecule has 0 bridgehead atoms. The summed E-state index contributed by atoms with van der Waals surface area (Å²) in [6, 6.07) is 6.34. The van der Waals surface area contributed by atoms with Crippen LogP contribution in [0.1, 0.15) is 83.1 Å². The zero-order chi connectivity index (χ0) is 23.5. The second-order valence-corrected chi connectivity index (χ2v) is 11.1. The van der Waals surface area contributed by atoms with Crippen molar-refractivity contribution in [3.63, 3.8) is 0 Å². The van der Waals surface area contributed by atoms with Gasteiger partial charge in [-0.3, -0.25) is 4.79 Å². The molecule has 5 atom stereocenters. The molecule has 4 nitrogen and oxygen atoms in total. The van der Waals surface area contributed by atoms with E-state index in [0.29, 0.717) is 18.3 Å². The van der Waals surface area contributed by atoms with Crippen LogP contribution in [-0.4, -0.2) is 23.3 Å². The SMILES string of the molecule is CCCC#CC1(O)CC[C@H]2[C@@H]3CCC4=CC(=O)CCC4=C3C(c3ccc4c(c3)OCO4)C[C@@]21C. The lowest BCUT2D eigenvalue weighted by Gasteiger charge is -2.53. The quantitative estimate of drug-likeness (QED) is 0.565. The Hall–Kier alpha value is -2.51. The Bertz CT molecular complexity index is 1160. The highest BCUT2D eigenvalue weighted by molar-refractivity contribution is 5.93. The molecule has 2 unspecified atom stereocenters. The minimum absolute atomic E-state index is 0.185. The molecule has 0 amide bonds. The van der Waals surface area contributed by atoms with Crippen molar-refractivity contribution in [1.29, 1.82) is 0 Å². The third-order valence-corrected chi connectivity index (χ3v) is 9.36. The number of allylic oxidation sites excluding steroid dienone is 4. The van der Waals surface area contributed by atoms with Crippen molar-refractivity contribution in [1.82, 2.24) is 0 Å². The summed E-state index contributed by atoms with van der Waals surface area (Å²) in [6.07, 6.45) is 9.86. The lowest BCUT2D eigenvalue weighted by atomic mass is 9.51. The Morgan fingerprint density at radius 2 is 2.00 bits per heavy atom. The summed E-state index contributed by atoms with van der Waals surface area (Å²) in [5.41, 5.74) is 4.22. The van der Waals surface area contributed by atoms with E-state index >= 15 is 0 Å². The number of hydrogen-bond acceptors (Lipinski definition) is 4. The maximum absolute atomic E-state index is 12.2. The number of carbonyl (C=O) groups is 1. The van der Waals surface area contributed by atoms with Crippen molar-refractivity contribution in [2.75, 3.05) is 6.79 Å². The van der Waals surface area contributed by atoms with Gasteiger partial charge in [0.2, 0.25) is 6.79 Å². The molecular formula is C30H34O4. The normalized spacial score (nSPS) is 35.7. The van der Waals surface area contributed by atoms with Crippen LogP contribution in [0.2, 0.25) is 0 Å². The van der Waals surface area contributed by atoms with Crippen LogP contribution in [0.4, 0.5) is 0 Å². The van der Waals surface area contributed by atoms with Gasteiger partial charge in [-0.1, -0.05) is 31.4 Å². The standard InChI is InChI=1S/C30H34O4/c1-3-4-5-13-30(32)14-12-25-23-9-6-19-15-21(31)8-10-22(19)28(23)24(17-29(25,30)2)20-7-11-26-27(16-20)34-18-33-26/h7,11,15-16,23-25,32H,3-4,6,8-10,12,14,17-18H2,1-2H3/t23-,24?,25-,29-,30?/m0/s1. The summed E-state index contributed by atoms with van der Waals surface area (Å²) < 4.78 is 11.3. The second-order valence-electron chi connectivity index (χ2n) is 11.1. The van der Waals surface area contributed by atoms with Gasteiger partial charge < -0.3 is 14.6 Å². The van der Waals surface area contributed by atoms with Gasteiger partial charge >= 0.3 is 0 Å². The van der Waals surface area contributed by atoms with Gasteiger partial charge in [0.05, 0.1) is 0 Å². The molecule has 1 aromatic rings. The number of hydrogen-bond donors (Lipinski definition) is 1. The van der Waals surface area contributed by atoms with Crippen molar-refractivity contribution in [3.8, 4) is 23.3 Å². The largest absolute Gasteiger partial charge is 0.454 e. The maximum atomic E-state index is 12.2. The number of ketones is 1. The van der Waals surface area contributed by atoms with Crippen molar-refractivity contribution in [3.05, 3.63) is 46.6 Å². The molecule has 1 aromatic carbocycles. The maximum Gasteiger partial charge on any atom is 0.231 e. The van der Waals surface area contributed by atoms with Crippen molar-refractivity contribution in [2.45, 2.75) is 83.2 Å². The van der Waals surface area contributed by atoms with Crippen molar-refractivity contribution >= 4 is 5.78 Å². The smallest absolute Gasteiger partial charge is 0.231 e. The van der Waals surface area contributed by atoms with Crippen LogP contribution < -0.4 is 9.47 Å². The second kappa shape index (κ2) is 8.02. The van der Waals surface area contributed by atoms with Gasteiger partial charge in [-0.25, -0.2) is 0 Å². The fraction of sp³-hybridized carbons (Fsp3) is 0.567. The summed E-state index contributed by atoms with van der Waals surface area (Å²) in [7, 11) is 0. The monoisotopic (exact) mass is 458 g/mol. The highest BCUT2D eigenvalue weighted by Gasteiger charge is 2.62. The third-order valence-electron chi connectivity index (χ3n) is 9.36. The van der Waals surface area contributed by atoms with Crippen LogP contribution in [0.3, 0.4) is 0 Å². The van der Waals surface area contributed by atoms with E-state index in [0.717, 1.165) is 62.9 Å². The molecule has 5 aliphatic rings. The number of unbranched alkanes of at least 4 members (excludes halogenated alkanes) is 1. The van der Waals surface area contributed by atoms with E-state index in [1.807, 2.05) is 12.1 Å². The predicted octanol–water partition coefficient (Wildman–Crippen LogP) is 5.85. The summed E-state index contributed by atoms with van der Waals surface area (Å²) >= 11 is 0. The van der Waals surface area contributed by atoms with Crippen LogP contribution in [0.5, 0.6) is 11.5 Å². The topological polar surface area (TPSA) is 55.8 Å². The molecule has 2 fully saturated rings. The van der Waals surface area contributed by atoms with Crippen molar-refractivity contribution < 1.29 is 19.4 Å². The summed E-state index contributed by atoms with van der Waals surface area (Å²) in [4.78, 5) is 12.2. The molecule has 0 radical (unpaired) electrons. The Balaban J connectivity index is 1.50. The Labute approximate surface area is 202 Å². The average molecular weight is 459 g/mol. The number of ether oxygens (including phenoxy) is 2. The Morgan fingerprint density at radius 1 is 1.15 bits per heavy atom.